The Labute approximate surface area is 72.9 Å². The molecule has 0 aliphatic heterocycles. The van der Waals surface area contributed by atoms with Crippen molar-refractivity contribution in [3.8, 4) is 0 Å². The molecule has 0 aliphatic carbocycles. The Kier molecular flexibility index (Phi) is 4.69. The molecule has 0 aromatic rings. The van der Waals surface area contributed by atoms with Crippen LogP contribution < -0.4 is 0 Å². The van der Waals surface area contributed by atoms with Crippen molar-refractivity contribution in [2.75, 3.05) is 21.3 Å². The van der Waals surface area contributed by atoms with Crippen molar-refractivity contribution in [2.45, 2.75) is 0 Å². The van der Waals surface area contributed by atoms with Crippen molar-refractivity contribution in [1.82, 2.24) is 0 Å². The van der Waals surface area contributed by atoms with Crippen molar-refractivity contribution in [1.29, 1.82) is 0 Å². The minimum atomic E-state index is 0.411. The van der Waals surface area contributed by atoms with E-state index in [0.717, 1.165) is 0 Å². The summed E-state index contributed by atoms with van der Waals surface area (Å²) in [4.78, 5) is 0. The van der Waals surface area contributed by atoms with Gasteiger partial charge in [0, 0.05) is 0 Å². The summed E-state index contributed by atoms with van der Waals surface area (Å²) in [6.45, 7) is 7.19. The number of hydrogen-bond acceptors (Lipinski definition) is 3. The van der Waals surface area contributed by atoms with Crippen LogP contribution in [0.4, 0.5) is 0 Å². The summed E-state index contributed by atoms with van der Waals surface area (Å²) in [7, 11) is 4.55. The first-order valence-electron chi connectivity index (χ1n) is 3.39. The lowest BCUT2D eigenvalue weighted by Gasteiger charge is -2.11. The van der Waals surface area contributed by atoms with E-state index in [0.29, 0.717) is 17.3 Å². The molecule has 12 heavy (non-hydrogen) atoms. The molecule has 0 atom stereocenters. The van der Waals surface area contributed by atoms with Crippen molar-refractivity contribution in [3.05, 3.63) is 36.5 Å². The molecule has 0 spiro atoms. The Morgan fingerprint density at radius 3 is 1.92 bits per heavy atom. The van der Waals surface area contributed by atoms with Gasteiger partial charge in [-0.1, -0.05) is 13.2 Å². The largest absolute Gasteiger partial charge is 0.493 e. The molecule has 0 fully saturated rings. The topological polar surface area (TPSA) is 27.7 Å². The molecule has 0 radical (unpaired) electrons. The Bertz CT molecular complexity index is 204. The smallest absolute Gasteiger partial charge is 0.202 e. The summed E-state index contributed by atoms with van der Waals surface area (Å²) in [5.41, 5.74) is 0. The molecule has 0 aliphatic rings. The number of ether oxygens (including phenoxy) is 3. The van der Waals surface area contributed by atoms with Crippen LogP contribution in [0.3, 0.4) is 0 Å². The maximum atomic E-state index is 5.01. The summed E-state index contributed by atoms with van der Waals surface area (Å²) >= 11 is 0. The van der Waals surface area contributed by atoms with Crippen LogP contribution in [0.2, 0.25) is 0 Å². The van der Waals surface area contributed by atoms with Gasteiger partial charge in [-0.2, -0.15) is 0 Å². The molecule has 68 valence electrons. The van der Waals surface area contributed by atoms with Gasteiger partial charge in [-0.25, -0.2) is 0 Å². The number of allylic oxidation sites excluding steroid dienone is 1. The zero-order valence-electron chi connectivity index (χ0n) is 7.72. The summed E-state index contributed by atoms with van der Waals surface area (Å²) < 4.78 is 14.9. The first kappa shape index (κ1) is 10.6. The lowest BCUT2D eigenvalue weighted by molar-refractivity contribution is 0.192. The average Bonchev–Trinajstić information content (AvgIpc) is 2.12. The van der Waals surface area contributed by atoms with Gasteiger partial charge in [0.15, 0.2) is 11.5 Å². The Hall–Kier alpha value is -1.38. The standard InChI is InChI=1S/C9H14O3/c1-6-8(11-4)9(12-5)7(2)10-3/h6H,1-2H2,3-5H3. The Morgan fingerprint density at radius 1 is 1.08 bits per heavy atom. The highest BCUT2D eigenvalue weighted by molar-refractivity contribution is 5.26. The highest BCUT2D eigenvalue weighted by atomic mass is 16.5. The normalized spacial score (nSPS) is 11.2. The van der Waals surface area contributed by atoms with Crippen LogP contribution in [-0.2, 0) is 14.2 Å². The van der Waals surface area contributed by atoms with E-state index < -0.39 is 0 Å². The SMILES string of the molecule is C=CC(OC)=C(OC)C(=C)OC. The van der Waals surface area contributed by atoms with E-state index in [2.05, 4.69) is 13.2 Å². The van der Waals surface area contributed by atoms with Gasteiger partial charge in [0.2, 0.25) is 5.76 Å². The first-order valence-corrected chi connectivity index (χ1v) is 3.39. The molecule has 0 aromatic carbocycles. The quantitative estimate of drug-likeness (QED) is 0.465. The van der Waals surface area contributed by atoms with Gasteiger partial charge >= 0.3 is 0 Å². The Morgan fingerprint density at radius 2 is 1.67 bits per heavy atom. The molecule has 0 rings (SSSR count). The van der Waals surface area contributed by atoms with E-state index >= 15 is 0 Å². The van der Waals surface area contributed by atoms with Crippen LogP contribution in [0.25, 0.3) is 0 Å². The predicted molar refractivity (Wildman–Crippen MR) is 47.4 cm³/mol. The molecule has 0 N–H and O–H groups in total. The van der Waals surface area contributed by atoms with E-state index in [9.17, 15) is 0 Å². The maximum absolute atomic E-state index is 5.01. The summed E-state index contributed by atoms with van der Waals surface area (Å²) in [5.74, 6) is 1.37. The molecule has 0 unspecified atom stereocenters. The molecule has 0 heterocycles. The van der Waals surface area contributed by atoms with Gasteiger partial charge in [-0.15, -0.1) is 0 Å². The third-order valence-electron chi connectivity index (χ3n) is 1.33. The molecule has 0 amide bonds. The lowest BCUT2D eigenvalue weighted by atomic mass is 10.3. The molecule has 0 aromatic heterocycles. The predicted octanol–water partition coefficient (Wildman–Crippen LogP) is 1.84. The number of rotatable bonds is 5. The highest BCUT2D eigenvalue weighted by Crippen LogP contribution is 2.15. The molecular formula is C9H14O3. The van der Waals surface area contributed by atoms with Gasteiger partial charge in [0.25, 0.3) is 0 Å². The van der Waals surface area contributed by atoms with E-state index in [1.807, 2.05) is 0 Å². The fraction of sp³-hybridized carbons (Fsp3) is 0.333. The zero-order chi connectivity index (χ0) is 9.56. The van der Waals surface area contributed by atoms with E-state index in [-0.39, 0.29) is 0 Å². The molecule has 0 saturated carbocycles. The molecule has 3 heteroatoms. The van der Waals surface area contributed by atoms with Gasteiger partial charge < -0.3 is 14.2 Å². The summed E-state index contributed by atoms with van der Waals surface area (Å²) in [6.07, 6.45) is 1.53. The second-order valence-corrected chi connectivity index (χ2v) is 1.93. The van der Waals surface area contributed by atoms with E-state index in [1.165, 1.54) is 27.4 Å². The third-order valence-corrected chi connectivity index (χ3v) is 1.33. The molecular weight excluding hydrogens is 156 g/mol. The maximum Gasteiger partial charge on any atom is 0.202 e. The van der Waals surface area contributed by atoms with E-state index in [4.69, 9.17) is 14.2 Å². The van der Waals surface area contributed by atoms with Crippen LogP contribution in [0.5, 0.6) is 0 Å². The minimum Gasteiger partial charge on any atom is -0.493 e. The van der Waals surface area contributed by atoms with Crippen LogP contribution >= 0.6 is 0 Å². The second-order valence-electron chi connectivity index (χ2n) is 1.93. The average molecular weight is 170 g/mol. The van der Waals surface area contributed by atoms with Gasteiger partial charge in [0.1, 0.15) is 0 Å². The van der Waals surface area contributed by atoms with Crippen molar-refractivity contribution >= 4 is 0 Å². The van der Waals surface area contributed by atoms with Gasteiger partial charge in [0.05, 0.1) is 21.3 Å². The van der Waals surface area contributed by atoms with Crippen molar-refractivity contribution in [2.24, 2.45) is 0 Å². The molecule has 0 saturated heterocycles. The first-order chi connectivity index (χ1) is 5.71. The molecule has 0 bridgehead atoms. The lowest BCUT2D eigenvalue weighted by Crippen LogP contribution is -1.99. The Balaban J connectivity index is 4.80. The monoisotopic (exact) mass is 170 g/mol. The van der Waals surface area contributed by atoms with Crippen molar-refractivity contribution < 1.29 is 14.2 Å². The van der Waals surface area contributed by atoms with Crippen LogP contribution in [0.15, 0.2) is 36.5 Å². The number of hydrogen-bond donors (Lipinski definition) is 0. The van der Waals surface area contributed by atoms with Crippen LogP contribution in [0.1, 0.15) is 0 Å². The molecule has 3 nitrogen and oxygen atoms in total. The van der Waals surface area contributed by atoms with Crippen LogP contribution in [-0.4, -0.2) is 21.3 Å². The zero-order valence-corrected chi connectivity index (χ0v) is 7.72. The summed E-state index contributed by atoms with van der Waals surface area (Å²) in [6, 6.07) is 0. The fourth-order valence-corrected chi connectivity index (χ4v) is 0.713. The van der Waals surface area contributed by atoms with Gasteiger partial charge in [-0.05, 0) is 6.08 Å². The highest BCUT2D eigenvalue weighted by Gasteiger charge is 2.08. The number of methoxy groups -OCH3 is 3. The fourth-order valence-electron chi connectivity index (χ4n) is 0.713. The van der Waals surface area contributed by atoms with E-state index in [1.54, 1.807) is 0 Å². The minimum absolute atomic E-state index is 0.411. The second kappa shape index (κ2) is 5.29. The third kappa shape index (κ3) is 2.34. The summed E-state index contributed by atoms with van der Waals surface area (Å²) in [5, 5.41) is 0. The van der Waals surface area contributed by atoms with Crippen molar-refractivity contribution in [3.63, 3.8) is 0 Å². The van der Waals surface area contributed by atoms with Crippen LogP contribution in [0, 0.1) is 0 Å². The van der Waals surface area contributed by atoms with Gasteiger partial charge in [-0.3, -0.25) is 0 Å².